The summed E-state index contributed by atoms with van der Waals surface area (Å²) in [4.78, 5) is 10.5. The zero-order valence-electron chi connectivity index (χ0n) is 5.66. The molecule has 1 atom stereocenters. The van der Waals surface area contributed by atoms with Crippen LogP contribution in [0.3, 0.4) is 0 Å². The lowest BCUT2D eigenvalue weighted by molar-refractivity contribution is -0.120. The fourth-order valence-electron chi connectivity index (χ4n) is 0.339. The first kappa shape index (κ1) is 9.38. The molecule has 0 aromatic heterocycles. The quantitative estimate of drug-likeness (QED) is 0.517. The lowest BCUT2D eigenvalue weighted by atomic mass is 10.4. The Morgan fingerprint density at radius 2 is 2.00 bits per heavy atom. The maximum atomic E-state index is 10.5. The number of carbonyl (C=O) groups is 1. The molecule has 0 heterocycles. The van der Waals surface area contributed by atoms with E-state index in [1.807, 2.05) is 0 Å². The van der Waals surface area contributed by atoms with E-state index in [9.17, 15) is 13.2 Å². The van der Waals surface area contributed by atoms with Gasteiger partial charge in [-0.15, -0.1) is 0 Å². The summed E-state index contributed by atoms with van der Waals surface area (Å²) in [6, 6.07) is 0. The lowest BCUT2D eigenvalue weighted by Crippen LogP contribution is -2.35. The molecule has 0 rings (SSSR count). The highest BCUT2D eigenvalue weighted by atomic mass is 32.2. The maximum absolute atomic E-state index is 10.5. The molecule has 0 saturated heterocycles. The van der Waals surface area contributed by atoms with Crippen molar-refractivity contribution in [3.63, 3.8) is 0 Å². The number of carbonyl (C=O) groups excluding carboxylic acids is 1. The van der Waals surface area contributed by atoms with Crippen molar-refractivity contribution in [3.8, 4) is 0 Å². The van der Waals surface area contributed by atoms with Gasteiger partial charge in [-0.25, -0.2) is 0 Å². The maximum Gasteiger partial charge on any atom is 0.276 e. The average molecular weight is 167 g/mol. The molecule has 0 aliphatic carbocycles. The molecule has 0 aromatic rings. The smallest absolute Gasteiger partial charge is 0.276 e. The van der Waals surface area contributed by atoms with E-state index in [1.54, 1.807) is 0 Å². The third-order valence-electron chi connectivity index (χ3n) is 1.06. The molecule has 0 spiro atoms. The predicted molar refractivity (Wildman–Crippen MR) is 35.1 cm³/mol. The Balaban J connectivity index is 4.39. The van der Waals surface area contributed by atoms with Gasteiger partial charge in [0.05, 0.1) is 0 Å². The van der Waals surface area contributed by atoms with Crippen molar-refractivity contribution >= 4 is 16.0 Å². The van der Waals surface area contributed by atoms with Crippen LogP contribution in [-0.4, -0.2) is 31.2 Å². The third-order valence-corrected chi connectivity index (χ3v) is 2.17. The van der Waals surface area contributed by atoms with Crippen molar-refractivity contribution in [1.82, 2.24) is 5.32 Å². The highest BCUT2D eigenvalue weighted by molar-refractivity contribution is 7.87. The number of nitrogens with one attached hydrogen (secondary N) is 1. The summed E-state index contributed by atoms with van der Waals surface area (Å²) in [6.07, 6.45) is 0. The average Bonchev–Trinajstić information content (AvgIpc) is 1.83. The minimum atomic E-state index is -4.23. The minimum absolute atomic E-state index is 0.720. The second-order valence-electron chi connectivity index (χ2n) is 1.77. The van der Waals surface area contributed by atoms with Crippen LogP contribution >= 0.6 is 0 Å². The number of amides is 1. The summed E-state index contributed by atoms with van der Waals surface area (Å²) in [5.41, 5.74) is 0. The Hall–Kier alpha value is -0.620. The Morgan fingerprint density at radius 3 is 2.10 bits per heavy atom. The van der Waals surface area contributed by atoms with Crippen LogP contribution in [-0.2, 0) is 14.9 Å². The third kappa shape index (κ3) is 2.32. The van der Waals surface area contributed by atoms with Gasteiger partial charge in [0.15, 0.2) is 5.25 Å². The molecule has 1 amide bonds. The summed E-state index contributed by atoms with van der Waals surface area (Å²) in [6.45, 7) is 1.11. The first-order valence-electron chi connectivity index (χ1n) is 2.57. The first-order valence-corrected chi connectivity index (χ1v) is 4.07. The lowest BCUT2D eigenvalue weighted by Gasteiger charge is -2.04. The monoisotopic (exact) mass is 167 g/mol. The van der Waals surface area contributed by atoms with Gasteiger partial charge in [-0.3, -0.25) is 9.35 Å². The fourth-order valence-corrected chi connectivity index (χ4v) is 0.727. The predicted octanol–water partition coefficient (Wildman–Crippen LogP) is -0.991. The molecule has 0 bridgehead atoms. The van der Waals surface area contributed by atoms with Crippen LogP contribution in [0.4, 0.5) is 0 Å². The van der Waals surface area contributed by atoms with E-state index in [1.165, 1.54) is 7.05 Å². The van der Waals surface area contributed by atoms with E-state index in [0.29, 0.717) is 0 Å². The highest BCUT2D eigenvalue weighted by Crippen LogP contribution is 1.95. The van der Waals surface area contributed by atoms with Gasteiger partial charge in [0, 0.05) is 7.05 Å². The number of rotatable bonds is 2. The van der Waals surface area contributed by atoms with E-state index in [2.05, 4.69) is 5.32 Å². The van der Waals surface area contributed by atoms with Crippen molar-refractivity contribution in [2.45, 2.75) is 12.2 Å². The normalized spacial score (nSPS) is 14.3. The van der Waals surface area contributed by atoms with Gasteiger partial charge in [0.1, 0.15) is 0 Å². The van der Waals surface area contributed by atoms with Gasteiger partial charge < -0.3 is 5.32 Å². The molecule has 0 fully saturated rings. The summed E-state index contributed by atoms with van der Waals surface area (Å²) < 4.78 is 28.8. The van der Waals surface area contributed by atoms with Crippen LogP contribution in [0.25, 0.3) is 0 Å². The van der Waals surface area contributed by atoms with Gasteiger partial charge in [-0.05, 0) is 6.92 Å². The van der Waals surface area contributed by atoms with E-state index in [0.717, 1.165) is 6.92 Å². The van der Waals surface area contributed by atoms with E-state index < -0.39 is 21.3 Å². The molecule has 0 saturated carbocycles. The van der Waals surface area contributed by atoms with Crippen LogP contribution < -0.4 is 5.32 Å². The largest absolute Gasteiger partial charge is 0.358 e. The van der Waals surface area contributed by atoms with Crippen LogP contribution in [0.15, 0.2) is 0 Å². The Bertz CT molecular complexity index is 219. The van der Waals surface area contributed by atoms with Gasteiger partial charge in [0.2, 0.25) is 5.91 Å². The fraction of sp³-hybridized carbons (Fsp3) is 0.750. The minimum Gasteiger partial charge on any atom is -0.358 e. The Kier molecular flexibility index (Phi) is 2.79. The molecule has 10 heavy (non-hydrogen) atoms. The molecule has 5 nitrogen and oxygen atoms in total. The molecule has 6 heteroatoms. The molecular formula is C4H9NO4S. The number of hydrogen-bond acceptors (Lipinski definition) is 3. The van der Waals surface area contributed by atoms with E-state index in [4.69, 9.17) is 4.55 Å². The molecule has 0 aliphatic heterocycles. The molecule has 1 unspecified atom stereocenters. The van der Waals surface area contributed by atoms with Crippen LogP contribution in [0.2, 0.25) is 0 Å². The van der Waals surface area contributed by atoms with Crippen LogP contribution in [0.5, 0.6) is 0 Å². The van der Waals surface area contributed by atoms with E-state index >= 15 is 0 Å². The Morgan fingerprint density at radius 1 is 1.60 bits per heavy atom. The second-order valence-corrected chi connectivity index (χ2v) is 3.51. The molecule has 0 aromatic carbocycles. The standard InChI is InChI=1S/C4H9NO4S/c1-3(4(6)5-2)10(7,8)9/h3H,1-2H3,(H,5,6)(H,7,8,9). The second kappa shape index (κ2) is 2.98. The van der Waals surface area contributed by atoms with Crippen LogP contribution in [0.1, 0.15) is 6.92 Å². The molecule has 2 N–H and O–H groups in total. The van der Waals surface area contributed by atoms with Crippen molar-refractivity contribution in [2.75, 3.05) is 7.05 Å². The van der Waals surface area contributed by atoms with Crippen molar-refractivity contribution < 1.29 is 17.8 Å². The SMILES string of the molecule is CNC(=O)C(C)S(=O)(=O)O. The van der Waals surface area contributed by atoms with Crippen molar-refractivity contribution in [3.05, 3.63) is 0 Å². The first-order chi connectivity index (χ1) is 4.39. The molecule has 60 valence electrons. The van der Waals surface area contributed by atoms with Gasteiger partial charge >= 0.3 is 0 Å². The van der Waals surface area contributed by atoms with Crippen molar-refractivity contribution in [2.24, 2.45) is 0 Å². The summed E-state index contributed by atoms with van der Waals surface area (Å²) in [7, 11) is -2.93. The van der Waals surface area contributed by atoms with Gasteiger partial charge in [-0.2, -0.15) is 8.42 Å². The zero-order valence-corrected chi connectivity index (χ0v) is 6.47. The molecule has 0 aliphatic rings. The summed E-state index contributed by atoms with van der Waals surface area (Å²) in [5.74, 6) is -0.720. The highest BCUT2D eigenvalue weighted by Gasteiger charge is 2.23. The Labute approximate surface area is 59.2 Å². The molecule has 0 radical (unpaired) electrons. The topological polar surface area (TPSA) is 83.5 Å². The van der Waals surface area contributed by atoms with Gasteiger partial charge in [-0.1, -0.05) is 0 Å². The number of hydrogen-bond donors (Lipinski definition) is 2. The van der Waals surface area contributed by atoms with Crippen molar-refractivity contribution in [1.29, 1.82) is 0 Å². The van der Waals surface area contributed by atoms with Crippen LogP contribution in [0, 0.1) is 0 Å². The summed E-state index contributed by atoms with van der Waals surface area (Å²) in [5, 5.41) is 0.702. The van der Waals surface area contributed by atoms with Gasteiger partial charge in [0.25, 0.3) is 10.1 Å². The van der Waals surface area contributed by atoms with E-state index in [-0.39, 0.29) is 0 Å². The molecular weight excluding hydrogens is 158 g/mol. The zero-order chi connectivity index (χ0) is 8.36. The summed E-state index contributed by atoms with van der Waals surface area (Å²) >= 11 is 0.